The van der Waals surface area contributed by atoms with E-state index >= 15 is 0 Å². The van der Waals surface area contributed by atoms with E-state index in [0.29, 0.717) is 0 Å². The number of hydrogen-bond donors (Lipinski definition) is 1. The highest BCUT2D eigenvalue weighted by Gasteiger charge is 2.05. The molecule has 0 aliphatic carbocycles. The van der Waals surface area contributed by atoms with E-state index in [-0.39, 0.29) is 0 Å². The van der Waals surface area contributed by atoms with Crippen LogP contribution in [-0.4, -0.2) is 4.98 Å². The van der Waals surface area contributed by atoms with Gasteiger partial charge in [0.15, 0.2) is 0 Å². The molecule has 0 unspecified atom stereocenters. The number of nitrogens with two attached hydrogens (primary N) is 1. The van der Waals surface area contributed by atoms with E-state index in [1.807, 2.05) is 30.0 Å². The first kappa shape index (κ1) is 12.5. The Morgan fingerprint density at radius 2 is 2.05 bits per heavy atom. The molecule has 2 N–H and O–H groups in total. The summed E-state index contributed by atoms with van der Waals surface area (Å²) in [6, 6.07) is 14.3. The Kier molecular flexibility index (Phi) is 3.44. The Labute approximate surface area is 120 Å². The van der Waals surface area contributed by atoms with Crippen LogP contribution in [0.25, 0.3) is 10.2 Å². The van der Waals surface area contributed by atoms with Crippen molar-refractivity contribution in [2.45, 2.75) is 17.6 Å². The normalized spacial score (nSPS) is 11.0. The van der Waals surface area contributed by atoms with Crippen LogP contribution < -0.4 is 5.73 Å². The minimum atomic E-state index is 0.821. The smallest absolute Gasteiger partial charge is 0.104 e. The highest BCUT2D eigenvalue weighted by molar-refractivity contribution is 7.98. The molecule has 0 saturated heterocycles. The highest BCUT2D eigenvalue weighted by Crippen LogP contribution is 2.30. The Balaban J connectivity index is 1.78. The predicted octanol–water partition coefficient (Wildman–Crippen LogP) is 4.48. The van der Waals surface area contributed by atoms with Gasteiger partial charge in [-0.05, 0) is 42.8 Å². The third kappa shape index (κ3) is 2.74. The van der Waals surface area contributed by atoms with E-state index < -0.39 is 0 Å². The van der Waals surface area contributed by atoms with Crippen molar-refractivity contribution in [3.05, 3.63) is 53.0 Å². The molecule has 4 heteroatoms. The van der Waals surface area contributed by atoms with Crippen molar-refractivity contribution in [3.8, 4) is 0 Å². The maximum absolute atomic E-state index is 5.77. The van der Waals surface area contributed by atoms with Gasteiger partial charge in [-0.1, -0.05) is 12.1 Å². The summed E-state index contributed by atoms with van der Waals surface area (Å²) in [4.78, 5) is 5.92. The number of para-hydroxylation sites is 1. The molecule has 19 heavy (non-hydrogen) atoms. The van der Waals surface area contributed by atoms with Gasteiger partial charge in [-0.2, -0.15) is 0 Å². The topological polar surface area (TPSA) is 38.9 Å². The fraction of sp³-hybridized carbons (Fsp3) is 0.133. The lowest BCUT2D eigenvalue weighted by Gasteiger charge is -2.04. The van der Waals surface area contributed by atoms with Crippen molar-refractivity contribution in [1.29, 1.82) is 0 Å². The summed E-state index contributed by atoms with van der Waals surface area (Å²) in [6.07, 6.45) is 0. The molecule has 0 fully saturated rings. The zero-order valence-electron chi connectivity index (χ0n) is 10.6. The van der Waals surface area contributed by atoms with Gasteiger partial charge in [0.05, 0.1) is 16.0 Å². The quantitative estimate of drug-likeness (QED) is 0.570. The first-order valence-corrected chi connectivity index (χ1v) is 7.86. The SMILES string of the molecule is Cc1cc(N)ccc1SCc1nc2ccccc2s1. The van der Waals surface area contributed by atoms with Crippen molar-refractivity contribution in [2.75, 3.05) is 5.73 Å². The molecule has 0 amide bonds. The minimum Gasteiger partial charge on any atom is -0.399 e. The fourth-order valence-corrected chi connectivity index (χ4v) is 3.93. The predicted molar refractivity (Wildman–Crippen MR) is 84.8 cm³/mol. The molecule has 0 bridgehead atoms. The Morgan fingerprint density at radius 1 is 1.21 bits per heavy atom. The first-order valence-electron chi connectivity index (χ1n) is 6.06. The summed E-state index contributed by atoms with van der Waals surface area (Å²) in [6.45, 7) is 2.09. The Morgan fingerprint density at radius 3 is 2.84 bits per heavy atom. The number of benzene rings is 2. The van der Waals surface area contributed by atoms with Crippen molar-refractivity contribution < 1.29 is 0 Å². The molecule has 3 rings (SSSR count). The van der Waals surface area contributed by atoms with Gasteiger partial charge in [-0.3, -0.25) is 0 Å². The third-order valence-electron chi connectivity index (χ3n) is 2.89. The molecule has 0 aliphatic heterocycles. The molecule has 0 radical (unpaired) electrons. The standard InChI is InChI=1S/C15H14N2S2/c1-10-8-11(16)6-7-13(10)18-9-15-17-12-4-2-3-5-14(12)19-15/h2-8H,9,16H2,1H3. The molecule has 2 nitrogen and oxygen atoms in total. The molecule has 2 aromatic carbocycles. The van der Waals surface area contributed by atoms with Crippen molar-refractivity contribution in [3.63, 3.8) is 0 Å². The van der Waals surface area contributed by atoms with Crippen molar-refractivity contribution in [1.82, 2.24) is 4.98 Å². The highest BCUT2D eigenvalue weighted by atomic mass is 32.2. The molecule has 0 aliphatic rings. The third-order valence-corrected chi connectivity index (χ3v) is 5.29. The van der Waals surface area contributed by atoms with Gasteiger partial charge in [0.1, 0.15) is 5.01 Å². The number of anilines is 1. The Bertz CT molecular complexity index is 686. The van der Waals surface area contributed by atoms with E-state index in [4.69, 9.17) is 5.73 Å². The fourth-order valence-electron chi connectivity index (χ4n) is 1.96. The van der Waals surface area contributed by atoms with Crippen molar-refractivity contribution >= 4 is 39.0 Å². The number of thioether (sulfide) groups is 1. The van der Waals surface area contributed by atoms with Crippen LogP contribution in [0.1, 0.15) is 10.6 Å². The summed E-state index contributed by atoms with van der Waals surface area (Å²) >= 11 is 3.59. The van der Waals surface area contributed by atoms with Crippen LogP contribution in [0, 0.1) is 6.92 Å². The summed E-state index contributed by atoms with van der Waals surface area (Å²) in [5.41, 5.74) is 8.91. The second-order valence-corrected chi connectivity index (χ2v) is 6.52. The maximum Gasteiger partial charge on any atom is 0.104 e. The van der Waals surface area contributed by atoms with E-state index in [0.717, 1.165) is 17.0 Å². The average Bonchev–Trinajstić information content (AvgIpc) is 2.80. The number of nitrogen functional groups attached to an aromatic ring is 1. The van der Waals surface area contributed by atoms with Gasteiger partial charge in [0.2, 0.25) is 0 Å². The number of aromatic nitrogens is 1. The average molecular weight is 286 g/mol. The van der Waals surface area contributed by atoms with Crippen LogP contribution in [0.3, 0.4) is 0 Å². The van der Waals surface area contributed by atoms with Crippen LogP contribution in [0.4, 0.5) is 5.69 Å². The second kappa shape index (κ2) is 5.23. The molecule has 0 saturated carbocycles. The van der Waals surface area contributed by atoms with E-state index in [2.05, 4.69) is 36.2 Å². The summed E-state index contributed by atoms with van der Waals surface area (Å²) < 4.78 is 1.26. The van der Waals surface area contributed by atoms with Gasteiger partial charge in [0.25, 0.3) is 0 Å². The molecular formula is C15H14N2S2. The lowest BCUT2D eigenvalue weighted by Crippen LogP contribution is -1.87. The van der Waals surface area contributed by atoms with Crippen LogP contribution in [0.2, 0.25) is 0 Å². The second-order valence-electron chi connectivity index (χ2n) is 4.39. The molecule has 96 valence electrons. The number of nitrogens with zero attached hydrogens (tertiary/aromatic N) is 1. The van der Waals surface area contributed by atoms with E-state index in [1.165, 1.54) is 20.2 Å². The van der Waals surface area contributed by atoms with Gasteiger partial charge >= 0.3 is 0 Å². The van der Waals surface area contributed by atoms with E-state index in [9.17, 15) is 0 Å². The van der Waals surface area contributed by atoms with Gasteiger partial charge in [-0.15, -0.1) is 23.1 Å². The number of aryl methyl sites for hydroxylation is 1. The van der Waals surface area contributed by atoms with Gasteiger partial charge in [0, 0.05) is 10.6 Å². The van der Waals surface area contributed by atoms with Crippen LogP contribution >= 0.6 is 23.1 Å². The van der Waals surface area contributed by atoms with Crippen molar-refractivity contribution in [2.24, 2.45) is 0 Å². The first-order chi connectivity index (χ1) is 9.22. The van der Waals surface area contributed by atoms with Crippen LogP contribution in [-0.2, 0) is 5.75 Å². The molecule has 1 aromatic heterocycles. The van der Waals surface area contributed by atoms with Crippen LogP contribution in [0.5, 0.6) is 0 Å². The van der Waals surface area contributed by atoms with E-state index in [1.54, 1.807) is 11.3 Å². The van der Waals surface area contributed by atoms with Gasteiger partial charge in [-0.25, -0.2) is 4.98 Å². The Hall–Kier alpha value is -1.52. The number of rotatable bonds is 3. The zero-order valence-corrected chi connectivity index (χ0v) is 12.2. The van der Waals surface area contributed by atoms with Crippen LogP contribution in [0.15, 0.2) is 47.4 Å². The number of fused-ring (bicyclic) bond motifs is 1. The zero-order chi connectivity index (χ0) is 13.2. The molecule has 1 heterocycles. The molecule has 0 atom stereocenters. The van der Waals surface area contributed by atoms with Gasteiger partial charge < -0.3 is 5.73 Å². The minimum absolute atomic E-state index is 0.821. The largest absolute Gasteiger partial charge is 0.399 e. The molecule has 3 aromatic rings. The lowest BCUT2D eigenvalue weighted by molar-refractivity contribution is 1.27. The maximum atomic E-state index is 5.77. The molecular weight excluding hydrogens is 272 g/mol. The lowest BCUT2D eigenvalue weighted by atomic mass is 10.2. The molecule has 0 spiro atoms. The number of hydrogen-bond acceptors (Lipinski definition) is 4. The number of thiazole rings is 1. The summed E-state index contributed by atoms with van der Waals surface area (Å²) in [7, 11) is 0. The summed E-state index contributed by atoms with van der Waals surface area (Å²) in [5, 5.41) is 1.17. The monoisotopic (exact) mass is 286 g/mol. The summed E-state index contributed by atoms with van der Waals surface area (Å²) in [5.74, 6) is 0.907.